The molecule has 0 amide bonds. The Morgan fingerprint density at radius 1 is 1.13 bits per heavy atom. The highest BCUT2D eigenvalue weighted by atomic mass is 35.5. The van der Waals surface area contributed by atoms with E-state index in [0.29, 0.717) is 25.3 Å². The molecule has 0 saturated heterocycles. The summed E-state index contributed by atoms with van der Waals surface area (Å²) in [6, 6.07) is 6.06. The maximum Gasteiger partial charge on any atom is 0.264 e. The summed E-state index contributed by atoms with van der Waals surface area (Å²) in [6.45, 7) is 3.93. The van der Waals surface area contributed by atoms with E-state index in [4.69, 9.17) is 32.7 Å². The summed E-state index contributed by atoms with van der Waals surface area (Å²) in [5.41, 5.74) is -1.31. The lowest BCUT2D eigenvalue weighted by molar-refractivity contribution is -0.125. The Bertz CT molecular complexity index is 1600. The molecule has 1 aliphatic heterocycles. The lowest BCUT2D eigenvalue weighted by Crippen LogP contribution is -2.29. The van der Waals surface area contributed by atoms with Crippen LogP contribution in [-0.4, -0.2) is 50.0 Å². The molecular weight excluding hydrogens is 577 g/mol. The fourth-order valence-electron chi connectivity index (χ4n) is 3.75. The molecule has 0 fully saturated rings. The van der Waals surface area contributed by atoms with Crippen molar-refractivity contribution >= 4 is 62.0 Å². The largest absolute Gasteiger partial charge is 0.477 e. The molecule has 14 heteroatoms. The first-order chi connectivity index (χ1) is 18.3. The molecule has 0 saturated carbocycles. The van der Waals surface area contributed by atoms with Gasteiger partial charge < -0.3 is 14.8 Å². The van der Waals surface area contributed by atoms with Crippen molar-refractivity contribution in [3.8, 4) is 0 Å². The van der Waals surface area contributed by atoms with Gasteiger partial charge in [0.2, 0.25) is 11.7 Å². The fraction of sp³-hybridized carbons (Fsp3) is 0.240. The first-order valence-corrected chi connectivity index (χ1v) is 13.6. The second-order valence-corrected chi connectivity index (χ2v) is 11.3. The van der Waals surface area contributed by atoms with Crippen molar-refractivity contribution in [2.45, 2.75) is 24.3 Å². The van der Waals surface area contributed by atoms with Crippen LogP contribution in [-0.2, 0) is 24.3 Å². The minimum atomic E-state index is -4.64. The Labute approximate surface area is 233 Å². The molecule has 0 spiro atoms. The van der Waals surface area contributed by atoms with Crippen LogP contribution in [0.1, 0.15) is 25.1 Å². The van der Waals surface area contributed by atoms with Gasteiger partial charge in [-0.3, -0.25) is 9.52 Å². The molecule has 0 bridgehead atoms. The second kappa shape index (κ2) is 11.0. The zero-order valence-corrected chi connectivity index (χ0v) is 23.1. The van der Waals surface area contributed by atoms with Crippen LogP contribution in [0.3, 0.4) is 0 Å². The highest BCUT2D eigenvalue weighted by Crippen LogP contribution is 2.45. The molecule has 4 rings (SSSR count). The van der Waals surface area contributed by atoms with Gasteiger partial charge in [-0.2, -0.15) is 0 Å². The van der Waals surface area contributed by atoms with Gasteiger partial charge in [-0.15, -0.1) is 0 Å². The van der Waals surface area contributed by atoms with Gasteiger partial charge in [-0.05, 0) is 50.2 Å². The minimum Gasteiger partial charge on any atom is -0.477 e. The van der Waals surface area contributed by atoms with Crippen molar-refractivity contribution in [2.75, 3.05) is 30.3 Å². The van der Waals surface area contributed by atoms with Crippen LogP contribution < -0.4 is 10.0 Å². The number of nitrogens with one attached hydrogen (secondary N) is 2. The number of nitrogens with zero attached hydrogens (tertiary/aromatic N) is 2. The number of carbonyl (C=O) groups is 1. The molecule has 1 aromatic heterocycles. The summed E-state index contributed by atoms with van der Waals surface area (Å²) < 4.78 is 66.9. The number of halogens is 4. The normalized spacial score (nSPS) is 14.9. The van der Waals surface area contributed by atoms with Crippen LogP contribution in [0.25, 0.3) is 11.3 Å². The van der Waals surface area contributed by atoms with Crippen LogP contribution in [0.2, 0.25) is 10.0 Å². The van der Waals surface area contributed by atoms with E-state index in [-0.39, 0.29) is 44.3 Å². The number of benzene rings is 2. The van der Waals surface area contributed by atoms with Gasteiger partial charge in [0.1, 0.15) is 22.2 Å². The molecular formula is C25H22Cl2F2N4O5S. The monoisotopic (exact) mass is 598 g/mol. The van der Waals surface area contributed by atoms with Crippen molar-refractivity contribution in [3.63, 3.8) is 0 Å². The summed E-state index contributed by atoms with van der Waals surface area (Å²) in [6.07, 6.45) is 1.47. The van der Waals surface area contributed by atoms with E-state index in [2.05, 4.69) is 20.0 Å². The van der Waals surface area contributed by atoms with Crippen LogP contribution in [0.15, 0.2) is 47.5 Å². The maximum absolute atomic E-state index is 14.2. The highest BCUT2D eigenvalue weighted by Gasteiger charge is 2.44. The average molecular weight is 599 g/mol. The van der Waals surface area contributed by atoms with E-state index >= 15 is 0 Å². The molecule has 206 valence electrons. The third-order valence-electron chi connectivity index (χ3n) is 5.57. The number of rotatable bonds is 9. The number of ether oxygens (including phenoxy) is 2. The topological polar surface area (TPSA) is 120 Å². The van der Waals surface area contributed by atoms with Gasteiger partial charge in [-0.25, -0.2) is 27.2 Å². The van der Waals surface area contributed by atoms with Gasteiger partial charge >= 0.3 is 0 Å². The van der Waals surface area contributed by atoms with Crippen LogP contribution in [0, 0.1) is 11.6 Å². The van der Waals surface area contributed by atoms with E-state index in [1.54, 1.807) is 21.0 Å². The lowest BCUT2D eigenvalue weighted by atomic mass is 9.93. The van der Waals surface area contributed by atoms with Crippen molar-refractivity contribution < 1.29 is 31.5 Å². The SMILES string of the molecule is COCCNc1nccc(C2=C(c3cc(Cl)cc(NS(=O)(=O)c4cc(F)ccc4F)c3Cl)C(=O)C(C)(C)O2)n1. The summed E-state index contributed by atoms with van der Waals surface area (Å²) in [5, 5.41) is 2.76. The van der Waals surface area contributed by atoms with Gasteiger partial charge in [0.05, 0.1) is 22.9 Å². The Balaban J connectivity index is 1.83. The number of methoxy groups -OCH3 is 1. The average Bonchev–Trinajstić information content (AvgIpc) is 3.11. The number of carbonyl (C=O) groups excluding carboxylic acids is 1. The summed E-state index contributed by atoms with van der Waals surface area (Å²) in [5.74, 6) is -2.29. The smallest absolute Gasteiger partial charge is 0.264 e. The van der Waals surface area contributed by atoms with Gasteiger partial charge in [0.25, 0.3) is 10.0 Å². The fourth-order valence-corrected chi connectivity index (χ4v) is 5.42. The van der Waals surface area contributed by atoms with E-state index in [1.807, 2.05) is 0 Å². The zero-order chi connectivity index (χ0) is 28.5. The van der Waals surface area contributed by atoms with Crippen molar-refractivity contribution in [3.05, 3.63) is 75.5 Å². The lowest BCUT2D eigenvalue weighted by Gasteiger charge is -2.17. The summed E-state index contributed by atoms with van der Waals surface area (Å²) in [7, 11) is -3.09. The second-order valence-electron chi connectivity index (χ2n) is 8.83. The van der Waals surface area contributed by atoms with E-state index in [1.165, 1.54) is 24.4 Å². The minimum absolute atomic E-state index is 0.000721. The van der Waals surface area contributed by atoms with Crippen molar-refractivity contribution in [1.82, 2.24) is 9.97 Å². The van der Waals surface area contributed by atoms with Gasteiger partial charge in [0.15, 0.2) is 11.4 Å². The third kappa shape index (κ3) is 5.98. The molecule has 0 atom stereocenters. The summed E-state index contributed by atoms with van der Waals surface area (Å²) >= 11 is 12.9. The standard InChI is InChI=1S/C25H22Cl2F2N4O5S/c1-25(2)23(34)20(22(38-25)17-6-7-30-24(32-17)31-8-9-37-3)15-10-13(26)11-18(21(15)27)33-39(35,36)19-12-14(28)4-5-16(19)29/h4-7,10-12,33H,8-9H2,1-3H3,(H,30,31,32). The quantitative estimate of drug-likeness (QED) is 0.324. The highest BCUT2D eigenvalue weighted by molar-refractivity contribution is 7.92. The number of Topliss-reactive ketones (excluding diaryl/α,β-unsaturated/α-hetero) is 1. The predicted octanol–water partition coefficient (Wildman–Crippen LogP) is 5.17. The molecule has 2 N–H and O–H groups in total. The Morgan fingerprint density at radius 2 is 1.87 bits per heavy atom. The molecule has 0 radical (unpaired) electrons. The summed E-state index contributed by atoms with van der Waals surface area (Å²) in [4.78, 5) is 21.1. The maximum atomic E-state index is 14.2. The predicted molar refractivity (Wildman–Crippen MR) is 143 cm³/mol. The Hall–Kier alpha value is -3.32. The molecule has 9 nitrogen and oxygen atoms in total. The van der Waals surface area contributed by atoms with Crippen LogP contribution >= 0.6 is 23.2 Å². The van der Waals surface area contributed by atoms with Crippen LogP contribution in [0.5, 0.6) is 0 Å². The number of ketones is 1. The molecule has 0 aliphatic carbocycles. The van der Waals surface area contributed by atoms with Crippen LogP contribution in [0.4, 0.5) is 20.4 Å². The number of aromatic nitrogens is 2. The molecule has 39 heavy (non-hydrogen) atoms. The van der Waals surface area contributed by atoms with E-state index in [0.717, 1.165) is 6.07 Å². The van der Waals surface area contributed by atoms with Crippen molar-refractivity contribution in [1.29, 1.82) is 0 Å². The number of anilines is 2. The first kappa shape index (κ1) is 28.7. The molecule has 3 aromatic rings. The number of hydrogen-bond donors (Lipinski definition) is 2. The molecule has 2 heterocycles. The molecule has 0 unspecified atom stereocenters. The van der Waals surface area contributed by atoms with E-state index in [9.17, 15) is 22.0 Å². The number of hydrogen-bond acceptors (Lipinski definition) is 8. The van der Waals surface area contributed by atoms with Crippen molar-refractivity contribution in [2.24, 2.45) is 0 Å². The number of sulfonamides is 1. The van der Waals surface area contributed by atoms with E-state index < -0.39 is 37.9 Å². The molecule has 1 aliphatic rings. The van der Waals surface area contributed by atoms with Gasteiger partial charge in [-0.1, -0.05) is 23.2 Å². The van der Waals surface area contributed by atoms with Gasteiger partial charge in [0, 0.05) is 30.4 Å². The Morgan fingerprint density at radius 3 is 2.59 bits per heavy atom. The Kier molecular flexibility index (Phi) is 8.12. The third-order valence-corrected chi connectivity index (χ3v) is 7.58. The first-order valence-electron chi connectivity index (χ1n) is 11.4. The molecule has 2 aromatic carbocycles. The zero-order valence-electron chi connectivity index (χ0n) is 20.8.